The molecule has 0 spiro atoms. The predicted octanol–water partition coefficient (Wildman–Crippen LogP) is 4.80. The van der Waals surface area contributed by atoms with Gasteiger partial charge in [0.1, 0.15) is 0 Å². The van der Waals surface area contributed by atoms with E-state index in [2.05, 4.69) is 24.3 Å². The number of halogens is 1. The fraction of sp³-hybridized carbons (Fsp3) is 0.304. The van der Waals surface area contributed by atoms with Gasteiger partial charge in [-0.25, -0.2) is 9.97 Å². The number of aryl methyl sites for hydroxylation is 2. The molecule has 0 aliphatic heterocycles. The number of hydrogen-bond donors (Lipinski definition) is 1. The van der Waals surface area contributed by atoms with E-state index in [9.17, 15) is 0 Å². The lowest BCUT2D eigenvalue weighted by atomic mass is 10.0. The van der Waals surface area contributed by atoms with Crippen molar-refractivity contribution in [2.75, 3.05) is 6.61 Å². The van der Waals surface area contributed by atoms with Crippen molar-refractivity contribution < 1.29 is 5.11 Å². The Morgan fingerprint density at radius 3 is 2.56 bits per heavy atom. The minimum Gasteiger partial charge on any atom is -0.396 e. The number of benzene rings is 2. The Balaban J connectivity index is 1.64. The summed E-state index contributed by atoms with van der Waals surface area (Å²) < 4.78 is 0. The van der Waals surface area contributed by atoms with Crippen LogP contribution in [0.2, 0.25) is 5.02 Å². The van der Waals surface area contributed by atoms with Crippen molar-refractivity contribution in [3.05, 3.63) is 81.6 Å². The van der Waals surface area contributed by atoms with Crippen molar-refractivity contribution in [2.24, 2.45) is 0 Å². The van der Waals surface area contributed by atoms with E-state index in [4.69, 9.17) is 26.7 Å². The highest BCUT2D eigenvalue weighted by atomic mass is 35.5. The van der Waals surface area contributed by atoms with E-state index in [0.29, 0.717) is 5.02 Å². The number of aliphatic hydroxyl groups is 1. The standard InChI is InChI=1S/C23H23ClN2O/c24-19-6-1-5-18(15-19)23-25-21-8-2-7-20(21)22(26-23)14-17-11-9-16(10-12-17)4-3-13-27/h1,5-6,9-12,15,27H,2-4,7-8,13-14H2. The molecule has 1 aliphatic rings. The van der Waals surface area contributed by atoms with Crippen LogP contribution in [0.4, 0.5) is 0 Å². The first kappa shape index (κ1) is 18.1. The van der Waals surface area contributed by atoms with E-state index >= 15 is 0 Å². The van der Waals surface area contributed by atoms with Gasteiger partial charge in [0.25, 0.3) is 0 Å². The summed E-state index contributed by atoms with van der Waals surface area (Å²) in [5.41, 5.74) is 7.14. The van der Waals surface area contributed by atoms with Gasteiger partial charge in [0.05, 0.1) is 5.69 Å². The van der Waals surface area contributed by atoms with Crippen LogP contribution >= 0.6 is 11.6 Å². The molecule has 0 saturated heterocycles. The second-order valence-electron chi connectivity index (χ2n) is 7.10. The van der Waals surface area contributed by atoms with E-state index < -0.39 is 0 Å². The van der Waals surface area contributed by atoms with Gasteiger partial charge in [-0.2, -0.15) is 0 Å². The Hall–Kier alpha value is -2.23. The number of aromatic nitrogens is 2. The third-order valence-electron chi connectivity index (χ3n) is 5.12. The molecular formula is C23H23ClN2O. The summed E-state index contributed by atoms with van der Waals surface area (Å²) in [5, 5.41) is 9.69. The molecule has 0 unspecified atom stereocenters. The summed E-state index contributed by atoms with van der Waals surface area (Å²) in [6, 6.07) is 16.4. The smallest absolute Gasteiger partial charge is 0.159 e. The van der Waals surface area contributed by atoms with Crippen LogP contribution in [0, 0.1) is 0 Å². The molecule has 4 rings (SSSR count). The van der Waals surface area contributed by atoms with Crippen LogP contribution in [0.25, 0.3) is 11.4 Å². The summed E-state index contributed by atoms with van der Waals surface area (Å²) in [7, 11) is 0. The van der Waals surface area contributed by atoms with E-state index in [1.54, 1.807) is 0 Å². The number of rotatable bonds is 6. The molecule has 3 aromatic rings. The molecule has 1 N–H and O–H groups in total. The SMILES string of the molecule is OCCCc1ccc(Cc2nc(-c3cccc(Cl)c3)nc3c2CCC3)cc1. The van der Waals surface area contributed by atoms with Crippen molar-refractivity contribution in [1.82, 2.24) is 9.97 Å². The Labute approximate surface area is 165 Å². The highest BCUT2D eigenvalue weighted by Crippen LogP contribution is 2.28. The zero-order chi connectivity index (χ0) is 18.6. The summed E-state index contributed by atoms with van der Waals surface area (Å²) in [5.74, 6) is 0.771. The van der Waals surface area contributed by atoms with Gasteiger partial charge in [-0.05, 0) is 60.9 Å². The largest absolute Gasteiger partial charge is 0.396 e. The number of aliphatic hydroxyl groups excluding tert-OH is 1. The fourth-order valence-corrected chi connectivity index (χ4v) is 3.90. The maximum atomic E-state index is 8.98. The van der Waals surface area contributed by atoms with Gasteiger partial charge >= 0.3 is 0 Å². The molecule has 27 heavy (non-hydrogen) atoms. The summed E-state index contributed by atoms with van der Waals surface area (Å²) in [6.45, 7) is 0.237. The zero-order valence-electron chi connectivity index (χ0n) is 15.3. The lowest BCUT2D eigenvalue weighted by Gasteiger charge is -2.11. The van der Waals surface area contributed by atoms with Crippen LogP contribution in [0.1, 0.15) is 40.9 Å². The highest BCUT2D eigenvalue weighted by Gasteiger charge is 2.20. The van der Waals surface area contributed by atoms with E-state index in [0.717, 1.165) is 55.6 Å². The first-order valence-electron chi connectivity index (χ1n) is 9.56. The first-order chi connectivity index (χ1) is 13.2. The lowest BCUT2D eigenvalue weighted by Crippen LogP contribution is -2.04. The molecule has 0 bridgehead atoms. The number of nitrogens with zero attached hydrogens (tertiary/aromatic N) is 2. The van der Waals surface area contributed by atoms with Gasteiger partial charge in [-0.15, -0.1) is 0 Å². The Bertz CT molecular complexity index is 938. The molecule has 0 radical (unpaired) electrons. The molecule has 1 heterocycles. The molecular weight excluding hydrogens is 356 g/mol. The first-order valence-corrected chi connectivity index (χ1v) is 9.94. The van der Waals surface area contributed by atoms with Gasteiger partial charge in [0, 0.05) is 29.3 Å². The maximum Gasteiger partial charge on any atom is 0.159 e. The van der Waals surface area contributed by atoms with E-state index in [1.165, 1.54) is 22.4 Å². The molecule has 0 atom stereocenters. The molecule has 0 amide bonds. The predicted molar refractivity (Wildman–Crippen MR) is 109 cm³/mol. The monoisotopic (exact) mass is 378 g/mol. The molecule has 2 aromatic carbocycles. The lowest BCUT2D eigenvalue weighted by molar-refractivity contribution is 0.288. The number of hydrogen-bond acceptors (Lipinski definition) is 3. The average Bonchev–Trinajstić information content (AvgIpc) is 3.16. The summed E-state index contributed by atoms with van der Waals surface area (Å²) in [6.07, 6.45) is 5.78. The zero-order valence-corrected chi connectivity index (χ0v) is 16.0. The van der Waals surface area contributed by atoms with Crippen LogP contribution in [0.3, 0.4) is 0 Å². The topological polar surface area (TPSA) is 46.0 Å². The molecule has 3 nitrogen and oxygen atoms in total. The molecule has 1 aromatic heterocycles. The molecule has 138 valence electrons. The second-order valence-corrected chi connectivity index (χ2v) is 7.54. The highest BCUT2D eigenvalue weighted by molar-refractivity contribution is 6.30. The third kappa shape index (κ3) is 4.20. The quantitative estimate of drug-likeness (QED) is 0.670. The van der Waals surface area contributed by atoms with Gasteiger partial charge in [-0.3, -0.25) is 0 Å². The number of fused-ring (bicyclic) bond motifs is 1. The van der Waals surface area contributed by atoms with Crippen molar-refractivity contribution in [2.45, 2.75) is 38.5 Å². The molecule has 0 fully saturated rings. The summed E-state index contributed by atoms with van der Waals surface area (Å²) >= 11 is 6.16. The molecule has 1 aliphatic carbocycles. The minimum absolute atomic E-state index is 0.237. The van der Waals surface area contributed by atoms with Crippen LogP contribution in [-0.4, -0.2) is 21.7 Å². The van der Waals surface area contributed by atoms with Gasteiger partial charge in [0.2, 0.25) is 0 Å². The van der Waals surface area contributed by atoms with Gasteiger partial charge in [-0.1, -0.05) is 48.0 Å². The van der Waals surface area contributed by atoms with Crippen LogP contribution in [0.5, 0.6) is 0 Å². The average molecular weight is 379 g/mol. The normalized spacial score (nSPS) is 13.0. The van der Waals surface area contributed by atoms with Crippen LogP contribution in [-0.2, 0) is 25.7 Å². The molecule has 4 heteroatoms. The Morgan fingerprint density at radius 2 is 1.78 bits per heavy atom. The van der Waals surface area contributed by atoms with E-state index in [-0.39, 0.29) is 6.61 Å². The van der Waals surface area contributed by atoms with Crippen LogP contribution in [0.15, 0.2) is 48.5 Å². The minimum atomic E-state index is 0.237. The Kier molecular flexibility index (Phi) is 5.51. The van der Waals surface area contributed by atoms with Crippen molar-refractivity contribution >= 4 is 11.6 Å². The fourth-order valence-electron chi connectivity index (χ4n) is 3.71. The molecule has 0 saturated carbocycles. The summed E-state index contributed by atoms with van der Waals surface area (Å²) in [4.78, 5) is 9.74. The maximum absolute atomic E-state index is 8.98. The Morgan fingerprint density at radius 1 is 0.963 bits per heavy atom. The van der Waals surface area contributed by atoms with E-state index in [1.807, 2.05) is 24.3 Å². The van der Waals surface area contributed by atoms with Gasteiger partial charge in [0.15, 0.2) is 5.82 Å². The second kappa shape index (κ2) is 8.20. The van der Waals surface area contributed by atoms with Crippen molar-refractivity contribution in [3.63, 3.8) is 0 Å². The van der Waals surface area contributed by atoms with Gasteiger partial charge < -0.3 is 5.11 Å². The van der Waals surface area contributed by atoms with Crippen LogP contribution < -0.4 is 0 Å². The van der Waals surface area contributed by atoms with Crippen molar-refractivity contribution in [1.29, 1.82) is 0 Å². The van der Waals surface area contributed by atoms with Crippen molar-refractivity contribution in [3.8, 4) is 11.4 Å². The third-order valence-corrected chi connectivity index (χ3v) is 5.35.